The molecule has 1 N–H and O–H groups in total. The molecule has 5 heteroatoms. The van der Waals surface area contributed by atoms with Crippen LogP contribution in [0.1, 0.15) is 51.3 Å². The van der Waals surface area contributed by atoms with Crippen LogP contribution in [0.25, 0.3) is 91.9 Å². The number of nitrogens with one attached hydrogen (secondary N) is 1. The fraction of sp³-hybridized carbons (Fsp3) is 0.127. The molecule has 0 spiro atoms. The Balaban J connectivity index is 1.12. The van der Waals surface area contributed by atoms with Gasteiger partial charge in [-0.2, -0.15) is 0 Å². The van der Waals surface area contributed by atoms with Gasteiger partial charge in [0.15, 0.2) is 7.28 Å². The first-order valence-corrected chi connectivity index (χ1v) is 21.9. The molecule has 8 aromatic carbocycles. The Labute approximate surface area is 353 Å². The van der Waals surface area contributed by atoms with Gasteiger partial charge in [-0.3, -0.25) is 0 Å². The van der Waals surface area contributed by atoms with Gasteiger partial charge in [0.2, 0.25) is 0 Å². The lowest BCUT2D eigenvalue weighted by molar-refractivity contribution is 0.590. The number of nitrogens with zero attached hydrogens (tertiary/aromatic N) is 1. The Morgan fingerprint density at radius 1 is 0.617 bits per heavy atom. The molecule has 3 aromatic heterocycles. The third-order valence-electron chi connectivity index (χ3n) is 13.8. The largest absolute Gasteiger partial charge is 0.455 e. The first-order chi connectivity index (χ1) is 29.1. The van der Waals surface area contributed by atoms with Crippen molar-refractivity contribution < 1.29 is 4.42 Å². The summed E-state index contributed by atoms with van der Waals surface area (Å²) in [7, 11) is 0.821. The van der Waals surface area contributed by atoms with E-state index < -0.39 is 0 Å². The van der Waals surface area contributed by atoms with Crippen LogP contribution < -0.4 is 16.2 Å². The number of para-hydroxylation sites is 1. The second kappa shape index (κ2) is 11.8. The second-order valence-corrected chi connectivity index (χ2v) is 19.7. The number of furan rings is 1. The van der Waals surface area contributed by atoms with Gasteiger partial charge in [0, 0.05) is 69.9 Å². The van der Waals surface area contributed by atoms with E-state index in [0.29, 0.717) is 0 Å². The molecule has 13 rings (SSSR count). The van der Waals surface area contributed by atoms with Crippen LogP contribution in [0.2, 0.25) is 0 Å². The van der Waals surface area contributed by atoms with Gasteiger partial charge >= 0.3 is 0 Å². The van der Waals surface area contributed by atoms with Gasteiger partial charge in [-0.25, -0.2) is 0 Å². The molecule has 0 amide bonds. The van der Waals surface area contributed by atoms with Crippen molar-refractivity contribution in [2.45, 2.75) is 45.4 Å². The fourth-order valence-corrected chi connectivity index (χ4v) is 11.9. The van der Waals surface area contributed by atoms with Crippen LogP contribution in [0.15, 0.2) is 150 Å². The van der Waals surface area contributed by atoms with Gasteiger partial charge < -0.3 is 14.3 Å². The fourth-order valence-electron chi connectivity index (χ4n) is 10.7. The zero-order valence-electron chi connectivity index (χ0n) is 34.3. The standard InChI is InChI=1S/C55H41BN2OS/c1-54(2,3)30-18-20-31(21-19-30)57-44-27-40-34-14-8-11-17-48(34)60-49(40)28-39(44)35-22-23-37-50-45(25-24-36-33-13-7-10-16-47(33)59-53(36)50)58-46-29-42-38(26-43(46)56-51(35)52(37)58)32-12-6-9-15-41(32)55(42,4)5/h6-29,56-57H,1-5H3. The summed E-state index contributed by atoms with van der Waals surface area (Å²) in [6, 6.07) is 54.5. The third-order valence-corrected chi connectivity index (χ3v) is 14.9. The minimum Gasteiger partial charge on any atom is -0.455 e. The van der Waals surface area contributed by atoms with Crippen LogP contribution in [0.5, 0.6) is 0 Å². The lowest BCUT2D eigenvalue weighted by atomic mass is 9.58. The van der Waals surface area contributed by atoms with Gasteiger partial charge in [-0.15, -0.1) is 11.3 Å². The Bertz CT molecular complexity index is 3670. The molecule has 11 aromatic rings. The van der Waals surface area contributed by atoms with Crippen molar-refractivity contribution >= 4 is 105 Å². The van der Waals surface area contributed by atoms with Crippen molar-refractivity contribution in [3.63, 3.8) is 0 Å². The predicted molar refractivity (Wildman–Crippen MR) is 259 cm³/mol. The number of rotatable bonds is 3. The molecule has 0 bridgehead atoms. The van der Waals surface area contributed by atoms with E-state index in [2.05, 4.69) is 190 Å². The van der Waals surface area contributed by atoms with E-state index in [0.717, 1.165) is 40.6 Å². The molecule has 2 aliphatic rings. The number of aromatic nitrogens is 1. The SMILES string of the molecule is CC(C)(C)c1ccc(Nc2cc3c(cc2-c2ccc4c5c6oc7ccccc7c6ccc5n5c4c2Bc2cc4c(cc2-5)C(C)(C)c2ccccc2-4)sc2ccccc23)cc1. The number of fused-ring (bicyclic) bond motifs is 15. The maximum Gasteiger partial charge on any atom is 0.198 e. The highest BCUT2D eigenvalue weighted by atomic mass is 32.1. The van der Waals surface area contributed by atoms with Gasteiger partial charge in [0.05, 0.1) is 10.9 Å². The monoisotopic (exact) mass is 788 g/mol. The summed E-state index contributed by atoms with van der Waals surface area (Å²) < 4.78 is 12.0. The summed E-state index contributed by atoms with van der Waals surface area (Å²) in [5, 5.41) is 11.3. The van der Waals surface area contributed by atoms with Crippen LogP contribution in [0.4, 0.5) is 11.4 Å². The zero-order chi connectivity index (χ0) is 40.2. The quantitative estimate of drug-likeness (QED) is 0.181. The Hall–Kier alpha value is -6.56. The molecule has 0 fully saturated rings. The van der Waals surface area contributed by atoms with Crippen LogP contribution >= 0.6 is 11.3 Å². The molecule has 286 valence electrons. The van der Waals surface area contributed by atoms with Crippen molar-refractivity contribution in [1.82, 2.24) is 4.57 Å². The third kappa shape index (κ3) is 4.61. The lowest BCUT2D eigenvalue weighted by Crippen LogP contribution is -2.37. The summed E-state index contributed by atoms with van der Waals surface area (Å²) in [6.07, 6.45) is 0. The van der Waals surface area contributed by atoms with Crippen molar-refractivity contribution in [3.05, 3.63) is 162 Å². The molecule has 1 aliphatic heterocycles. The summed E-state index contributed by atoms with van der Waals surface area (Å²) in [6.45, 7) is 11.6. The van der Waals surface area contributed by atoms with Crippen LogP contribution in [0.3, 0.4) is 0 Å². The summed E-state index contributed by atoms with van der Waals surface area (Å²) in [4.78, 5) is 0. The maximum absolute atomic E-state index is 6.81. The number of benzene rings is 8. The predicted octanol–water partition coefficient (Wildman–Crippen LogP) is 13.8. The van der Waals surface area contributed by atoms with E-state index in [9.17, 15) is 0 Å². The highest BCUT2D eigenvalue weighted by Gasteiger charge is 2.38. The molecule has 0 saturated carbocycles. The first kappa shape index (κ1) is 34.3. The smallest absolute Gasteiger partial charge is 0.198 e. The number of hydrogen-bond donors (Lipinski definition) is 1. The van der Waals surface area contributed by atoms with E-state index in [1.165, 1.54) is 97.5 Å². The average molecular weight is 789 g/mol. The topological polar surface area (TPSA) is 30.1 Å². The molecular formula is C55H41BN2OS. The first-order valence-electron chi connectivity index (χ1n) is 21.1. The summed E-state index contributed by atoms with van der Waals surface area (Å²) in [5.74, 6) is 0. The number of hydrogen-bond acceptors (Lipinski definition) is 3. The molecule has 1 aliphatic carbocycles. The van der Waals surface area contributed by atoms with Gasteiger partial charge in [-0.05, 0) is 98.9 Å². The second-order valence-electron chi connectivity index (χ2n) is 18.6. The van der Waals surface area contributed by atoms with Gasteiger partial charge in [-0.1, -0.05) is 131 Å². The van der Waals surface area contributed by atoms with Gasteiger partial charge in [0.1, 0.15) is 11.2 Å². The molecule has 60 heavy (non-hydrogen) atoms. The summed E-state index contributed by atoms with van der Waals surface area (Å²) in [5.41, 5.74) is 19.8. The number of anilines is 2. The lowest BCUT2D eigenvalue weighted by Gasteiger charge is -2.27. The molecule has 0 unspecified atom stereocenters. The summed E-state index contributed by atoms with van der Waals surface area (Å²) >= 11 is 1.88. The molecular weight excluding hydrogens is 747 g/mol. The van der Waals surface area contributed by atoms with Crippen molar-refractivity contribution in [1.29, 1.82) is 0 Å². The van der Waals surface area contributed by atoms with Crippen LogP contribution in [-0.4, -0.2) is 11.8 Å². The van der Waals surface area contributed by atoms with Gasteiger partial charge in [0.25, 0.3) is 0 Å². The molecule has 0 saturated heterocycles. The van der Waals surface area contributed by atoms with Crippen molar-refractivity contribution in [3.8, 4) is 27.9 Å². The van der Waals surface area contributed by atoms with E-state index in [-0.39, 0.29) is 10.8 Å². The van der Waals surface area contributed by atoms with Crippen LogP contribution in [0, 0.1) is 0 Å². The maximum atomic E-state index is 6.81. The van der Waals surface area contributed by atoms with E-state index in [1.807, 2.05) is 11.3 Å². The van der Waals surface area contributed by atoms with E-state index in [4.69, 9.17) is 4.42 Å². The highest BCUT2D eigenvalue weighted by molar-refractivity contribution is 7.25. The average Bonchev–Trinajstić information content (AvgIpc) is 3.97. The Morgan fingerprint density at radius 2 is 1.38 bits per heavy atom. The molecule has 0 radical (unpaired) electrons. The van der Waals surface area contributed by atoms with Crippen LogP contribution in [-0.2, 0) is 10.8 Å². The molecule has 4 heterocycles. The molecule has 3 nitrogen and oxygen atoms in total. The van der Waals surface area contributed by atoms with Crippen molar-refractivity contribution in [2.24, 2.45) is 0 Å². The normalized spacial score (nSPS) is 14.0. The van der Waals surface area contributed by atoms with E-state index in [1.54, 1.807) is 0 Å². The molecule has 0 atom stereocenters. The minimum absolute atomic E-state index is 0.0803. The van der Waals surface area contributed by atoms with Crippen molar-refractivity contribution in [2.75, 3.05) is 5.32 Å². The Morgan fingerprint density at radius 3 is 2.23 bits per heavy atom. The number of thiophene rings is 1. The highest BCUT2D eigenvalue weighted by Crippen LogP contribution is 2.50. The van der Waals surface area contributed by atoms with E-state index >= 15 is 0 Å². The zero-order valence-corrected chi connectivity index (χ0v) is 35.1. The minimum atomic E-state index is -0.109. The Kier molecular flexibility index (Phi) is 6.75.